The minimum Gasteiger partial charge on any atom is -0.314 e. The number of nitrogens with zero attached hydrogens (tertiary/aromatic N) is 1. The van der Waals surface area contributed by atoms with E-state index in [4.69, 9.17) is 0 Å². The molecule has 2 nitrogen and oxygen atoms in total. The first-order valence-electron chi connectivity index (χ1n) is 4.47. The smallest absolute Gasteiger partial charge is 0.0167 e. The highest BCUT2D eigenvalue weighted by Crippen LogP contribution is 1.91. The average molecular weight is 165 g/mol. The van der Waals surface area contributed by atoms with Crippen LogP contribution >= 0.6 is 0 Å². The molecule has 0 aliphatic carbocycles. The maximum absolute atomic E-state index is 3.61. The van der Waals surface area contributed by atoms with Crippen LogP contribution in [0.3, 0.4) is 0 Å². The summed E-state index contributed by atoms with van der Waals surface area (Å²) in [5.74, 6) is 0. The van der Waals surface area contributed by atoms with Crippen LogP contribution in [0.15, 0.2) is 24.3 Å². The molecule has 0 aromatic rings. The first kappa shape index (κ1) is 9.49. The van der Waals surface area contributed by atoms with E-state index in [2.05, 4.69) is 29.3 Å². The molecule has 0 atom stereocenters. The van der Waals surface area contributed by atoms with Gasteiger partial charge in [-0.15, -0.1) is 0 Å². The molecule has 1 fully saturated rings. The lowest BCUT2D eigenvalue weighted by atomic mass is 10.3. The summed E-state index contributed by atoms with van der Waals surface area (Å²) in [7, 11) is 0. The van der Waals surface area contributed by atoms with E-state index in [-0.39, 0.29) is 0 Å². The van der Waals surface area contributed by atoms with E-state index in [0.717, 1.165) is 19.6 Å². The lowest BCUT2D eigenvalue weighted by Crippen LogP contribution is -2.43. The second kappa shape index (κ2) is 5.98. The average Bonchev–Trinajstić information content (AvgIpc) is 2.14. The number of nitrogens with one attached hydrogen (secondary N) is 1. The monoisotopic (exact) mass is 165 g/mol. The normalized spacial score (nSPS) is 21.1. The fourth-order valence-corrected chi connectivity index (χ4v) is 1.26. The van der Waals surface area contributed by atoms with Crippen molar-refractivity contribution >= 4 is 0 Å². The van der Waals surface area contributed by atoms with Crippen molar-refractivity contribution in [3.8, 4) is 0 Å². The van der Waals surface area contributed by atoms with Gasteiger partial charge in [-0.25, -0.2) is 0 Å². The molecule has 1 N–H and O–H groups in total. The molecule has 0 amide bonds. The van der Waals surface area contributed by atoms with Crippen molar-refractivity contribution in [1.29, 1.82) is 0 Å². The summed E-state index contributed by atoms with van der Waals surface area (Å²) in [5.41, 5.74) is 0. The van der Waals surface area contributed by atoms with Crippen molar-refractivity contribution in [1.82, 2.24) is 10.2 Å². The molecule has 1 aliphatic rings. The van der Waals surface area contributed by atoms with E-state index >= 15 is 0 Å². The SMILES string of the molecule is [CH2]/C=C/C=C/CN1CCNCC1. The predicted molar refractivity (Wildman–Crippen MR) is 52.9 cm³/mol. The molecule has 1 saturated heterocycles. The second-order valence-corrected chi connectivity index (χ2v) is 2.91. The molecule has 0 unspecified atom stereocenters. The number of allylic oxidation sites excluding steroid dienone is 3. The summed E-state index contributed by atoms with van der Waals surface area (Å²) in [6.07, 6.45) is 7.98. The Balaban J connectivity index is 2.12. The van der Waals surface area contributed by atoms with Gasteiger partial charge in [-0.3, -0.25) is 4.90 Å². The van der Waals surface area contributed by atoms with Gasteiger partial charge >= 0.3 is 0 Å². The lowest BCUT2D eigenvalue weighted by molar-refractivity contribution is 0.265. The van der Waals surface area contributed by atoms with Crippen LogP contribution in [-0.4, -0.2) is 37.6 Å². The van der Waals surface area contributed by atoms with Crippen molar-refractivity contribution in [3.05, 3.63) is 31.2 Å². The van der Waals surface area contributed by atoms with Gasteiger partial charge < -0.3 is 5.32 Å². The molecule has 67 valence electrons. The summed E-state index contributed by atoms with van der Waals surface area (Å²) >= 11 is 0. The topological polar surface area (TPSA) is 15.3 Å². The second-order valence-electron chi connectivity index (χ2n) is 2.91. The molecule has 0 bridgehead atoms. The molecule has 0 spiro atoms. The first-order chi connectivity index (χ1) is 5.93. The van der Waals surface area contributed by atoms with Gasteiger partial charge in [0.2, 0.25) is 0 Å². The quantitative estimate of drug-likeness (QED) is 0.623. The highest BCUT2D eigenvalue weighted by Gasteiger charge is 2.05. The van der Waals surface area contributed by atoms with E-state index in [9.17, 15) is 0 Å². The fraction of sp³-hybridized carbons (Fsp3) is 0.500. The molecule has 2 heteroatoms. The zero-order valence-electron chi connectivity index (χ0n) is 7.50. The van der Waals surface area contributed by atoms with Crippen molar-refractivity contribution < 1.29 is 0 Å². The standard InChI is InChI=1S/C10H17N2/c1-2-3-4-5-8-12-9-6-11-7-10-12/h2-5,11H,1,6-10H2/b3-2+,5-4+. The van der Waals surface area contributed by atoms with E-state index in [1.54, 1.807) is 6.08 Å². The highest BCUT2D eigenvalue weighted by molar-refractivity contribution is 5.04. The van der Waals surface area contributed by atoms with Gasteiger partial charge in [0.15, 0.2) is 0 Å². The molecular formula is C10H17N2. The third kappa shape index (κ3) is 3.69. The Morgan fingerprint density at radius 2 is 2.00 bits per heavy atom. The molecule has 0 saturated carbocycles. The van der Waals surface area contributed by atoms with Crippen LogP contribution in [0, 0.1) is 6.92 Å². The summed E-state index contributed by atoms with van der Waals surface area (Å²) in [6.45, 7) is 9.25. The van der Waals surface area contributed by atoms with Gasteiger partial charge in [-0.2, -0.15) is 0 Å². The van der Waals surface area contributed by atoms with Gasteiger partial charge in [0, 0.05) is 32.7 Å². The Bertz CT molecular complexity index is 155. The van der Waals surface area contributed by atoms with Crippen LogP contribution in [0.25, 0.3) is 0 Å². The van der Waals surface area contributed by atoms with Crippen molar-refractivity contribution in [2.45, 2.75) is 0 Å². The van der Waals surface area contributed by atoms with Crippen LogP contribution in [-0.2, 0) is 0 Å². The van der Waals surface area contributed by atoms with Crippen LogP contribution in [0.4, 0.5) is 0 Å². The Kier molecular flexibility index (Phi) is 4.73. The van der Waals surface area contributed by atoms with Crippen molar-refractivity contribution in [2.24, 2.45) is 0 Å². The van der Waals surface area contributed by atoms with E-state index in [0.29, 0.717) is 0 Å². The van der Waals surface area contributed by atoms with Gasteiger partial charge in [-0.1, -0.05) is 24.3 Å². The zero-order chi connectivity index (χ0) is 8.65. The molecule has 1 radical (unpaired) electrons. The Morgan fingerprint density at radius 3 is 2.67 bits per heavy atom. The van der Waals surface area contributed by atoms with E-state index in [1.165, 1.54) is 13.1 Å². The van der Waals surface area contributed by atoms with Crippen LogP contribution in [0.2, 0.25) is 0 Å². The van der Waals surface area contributed by atoms with Crippen LogP contribution < -0.4 is 5.32 Å². The molecule has 1 aliphatic heterocycles. The Labute approximate surface area is 74.9 Å². The summed E-state index contributed by atoms with van der Waals surface area (Å²) in [4.78, 5) is 2.43. The highest BCUT2D eigenvalue weighted by atomic mass is 15.2. The molecular weight excluding hydrogens is 148 g/mol. The number of hydrogen-bond acceptors (Lipinski definition) is 2. The Morgan fingerprint density at radius 1 is 1.25 bits per heavy atom. The van der Waals surface area contributed by atoms with Crippen molar-refractivity contribution in [3.63, 3.8) is 0 Å². The zero-order valence-corrected chi connectivity index (χ0v) is 7.50. The first-order valence-corrected chi connectivity index (χ1v) is 4.47. The molecule has 1 rings (SSSR count). The summed E-state index contributed by atoms with van der Waals surface area (Å²) < 4.78 is 0. The third-order valence-electron chi connectivity index (χ3n) is 1.96. The predicted octanol–water partition coefficient (Wildman–Crippen LogP) is 0.838. The van der Waals surface area contributed by atoms with E-state index < -0.39 is 0 Å². The largest absolute Gasteiger partial charge is 0.314 e. The molecule has 1 heterocycles. The van der Waals surface area contributed by atoms with Crippen LogP contribution in [0.5, 0.6) is 0 Å². The van der Waals surface area contributed by atoms with Crippen LogP contribution in [0.1, 0.15) is 0 Å². The molecule has 0 aromatic heterocycles. The van der Waals surface area contributed by atoms with Gasteiger partial charge in [0.1, 0.15) is 0 Å². The number of rotatable bonds is 3. The van der Waals surface area contributed by atoms with Gasteiger partial charge in [0.05, 0.1) is 0 Å². The molecule has 12 heavy (non-hydrogen) atoms. The number of piperazine rings is 1. The van der Waals surface area contributed by atoms with Gasteiger partial charge in [-0.05, 0) is 6.92 Å². The van der Waals surface area contributed by atoms with Crippen molar-refractivity contribution in [2.75, 3.05) is 32.7 Å². The number of hydrogen-bond donors (Lipinski definition) is 1. The minimum atomic E-state index is 1.06. The third-order valence-corrected chi connectivity index (χ3v) is 1.96. The maximum atomic E-state index is 3.61. The Hall–Kier alpha value is -0.600. The van der Waals surface area contributed by atoms with E-state index in [1.807, 2.05) is 6.08 Å². The summed E-state index contributed by atoms with van der Waals surface area (Å²) in [5, 5.41) is 3.33. The summed E-state index contributed by atoms with van der Waals surface area (Å²) in [6, 6.07) is 0. The fourth-order valence-electron chi connectivity index (χ4n) is 1.26. The lowest BCUT2D eigenvalue weighted by Gasteiger charge is -2.25. The minimum absolute atomic E-state index is 1.06. The molecule has 0 aromatic carbocycles. The maximum Gasteiger partial charge on any atom is 0.0167 e. The van der Waals surface area contributed by atoms with Gasteiger partial charge in [0.25, 0.3) is 0 Å².